The monoisotopic (exact) mass is 371 g/mol. The lowest BCUT2D eigenvalue weighted by atomic mass is 10.2. The highest BCUT2D eigenvalue weighted by Gasteiger charge is 2.32. The Bertz CT molecular complexity index is 790. The Morgan fingerprint density at radius 3 is 2.36 bits per heavy atom. The maximum Gasteiger partial charge on any atom is 0.417 e. The second-order valence-electron chi connectivity index (χ2n) is 4.17. The maximum atomic E-state index is 12.6. The number of pyridine rings is 1. The molecule has 4 nitrogen and oxygen atoms in total. The Balaban J connectivity index is 2.68. The molecule has 0 saturated heterocycles. The minimum atomic E-state index is -4.60. The molecular weight excluding hydrogens is 366 g/mol. The molecule has 0 saturated carbocycles. The van der Waals surface area contributed by atoms with Crippen LogP contribution in [0.2, 0.25) is 15.1 Å². The van der Waals surface area contributed by atoms with Crippen LogP contribution in [-0.2, 0) is 12.6 Å². The summed E-state index contributed by atoms with van der Waals surface area (Å²) in [5, 5.41) is 3.24. The Morgan fingerprint density at radius 1 is 1.23 bits per heavy atom. The summed E-state index contributed by atoms with van der Waals surface area (Å²) in [4.78, 5) is 15.6. The summed E-state index contributed by atoms with van der Waals surface area (Å²) in [6, 6.07) is 0.659. The number of hydrogen-bond donors (Lipinski definition) is 0. The summed E-state index contributed by atoms with van der Waals surface area (Å²) in [7, 11) is 0. The first-order chi connectivity index (χ1) is 10.2. The highest BCUT2D eigenvalue weighted by molar-refractivity contribution is 6.42. The molecule has 0 aromatic carbocycles. The third-order valence-electron chi connectivity index (χ3n) is 2.73. The fourth-order valence-corrected chi connectivity index (χ4v) is 2.32. The van der Waals surface area contributed by atoms with Crippen molar-refractivity contribution in [3.05, 3.63) is 48.9 Å². The van der Waals surface area contributed by atoms with E-state index in [0.29, 0.717) is 24.4 Å². The highest BCUT2D eigenvalue weighted by Crippen LogP contribution is 2.32. The summed E-state index contributed by atoms with van der Waals surface area (Å²) >= 11 is 17.5. The van der Waals surface area contributed by atoms with Gasteiger partial charge in [-0.15, -0.1) is 0 Å². The third-order valence-corrected chi connectivity index (χ3v) is 3.86. The van der Waals surface area contributed by atoms with E-state index in [9.17, 15) is 18.0 Å². The molecule has 0 radical (unpaired) electrons. The van der Waals surface area contributed by atoms with Crippen molar-refractivity contribution in [3.8, 4) is 5.82 Å². The van der Waals surface area contributed by atoms with Crippen LogP contribution in [-0.4, -0.2) is 14.8 Å². The number of aryl methyl sites for hydroxylation is 1. The molecular formula is C12H7Cl3F3N3O. The van der Waals surface area contributed by atoms with Gasteiger partial charge in [0.1, 0.15) is 5.02 Å². The van der Waals surface area contributed by atoms with Gasteiger partial charge in [-0.1, -0.05) is 41.7 Å². The number of rotatable bonds is 2. The van der Waals surface area contributed by atoms with Crippen molar-refractivity contribution < 1.29 is 13.2 Å². The zero-order valence-electron chi connectivity index (χ0n) is 10.9. The van der Waals surface area contributed by atoms with E-state index >= 15 is 0 Å². The minimum Gasteiger partial charge on any atom is -0.266 e. The molecule has 0 N–H and O–H groups in total. The van der Waals surface area contributed by atoms with Crippen molar-refractivity contribution >= 4 is 34.8 Å². The van der Waals surface area contributed by atoms with Gasteiger partial charge in [-0.3, -0.25) is 4.79 Å². The average molecular weight is 373 g/mol. The first kappa shape index (κ1) is 17.1. The minimum absolute atomic E-state index is 0.00606. The molecule has 2 rings (SSSR count). The lowest BCUT2D eigenvalue weighted by Gasteiger charge is -2.12. The second-order valence-corrected chi connectivity index (χ2v) is 5.34. The van der Waals surface area contributed by atoms with Gasteiger partial charge in [0.05, 0.1) is 21.3 Å². The molecule has 10 heteroatoms. The lowest BCUT2D eigenvalue weighted by molar-refractivity contribution is -0.137. The van der Waals surface area contributed by atoms with Crippen LogP contribution in [0.15, 0.2) is 17.1 Å². The summed E-state index contributed by atoms with van der Waals surface area (Å²) < 4.78 is 38.5. The van der Waals surface area contributed by atoms with Gasteiger partial charge in [0, 0.05) is 6.20 Å². The standard InChI is InChI=1S/C12H7Cl3F3N3O/c1-2-7-8(14)9(15)11(22)21(20-7)10-6(13)3-5(4-19-10)12(16,17)18/h3-4H,2H2,1H3. The van der Waals surface area contributed by atoms with Crippen molar-refractivity contribution in [1.29, 1.82) is 0 Å². The van der Waals surface area contributed by atoms with Crippen LogP contribution in [0, 0.1) is 0 Å². The van der Waals surface area contributed by atoms with E-state index < -0.39 is 17.3 Å². The van der Waals surface area contributed by atoms with Gasteiger partial charge in [-0.05, 0) is 12.5 Å². The average Bonchev–Trinajstić information content (AvgIpc) is 2.45. The zero-order chi connectivity index (χ0) is 16.7. The number of hydrogen-bond acceptors (Lipinski definition) is 3. The smallest absolute Gasteiger partial charge is 0.266 e. The van der Waals surface area contributed by atoms with Gasteiger partial charge in [-0.25, -0.2) is 4.98 Å². The van der Waals surface area contributed by atoms with E-state index in [1.807, 2.05) is 0 Å². The molecule has 118 valence electrons. The fourth-order valence-electron chi connectivity index (χ4n) is 1.63. The van der Waals surface area contributed by atoms with E-state index in [-0.39, 0.29) is 20.9 Å². The van der Waals surface area contributed by atoms with Crippen molar-refractivity contribution in [1.82, 2.24) is 14.8 Å². The van der Waals surface area contributed by atoms with E-state index in [1.165, 1.54) is 0 Å². The molecule has 0 unspecified atom stereocenters. The predicted octanol–water partition coefficient (Wildman–Crippen LogP) is 4.17. The molecule has 0 aliphatic heterocycles. The first-order valence-electron chi connectivity index (χ1n) is 5.87. The number of nitrogens with zero attached hydrogens (tertiary/aromatic N) is 3. The van der Waals surface area contributed by atoms with Crippen LogP contribution in [0.3, 0.4) is 0 Å². The van der Waals surface area contributed by atoms with Gasteiger partial charge < -0.3 is 0 Å². The summed E-state index contributed by atoms with van der Waals surface area (Å²) in [6.07, 6.45) is -3.68. The molecule has 0 aliphatic carbocycles. The molecule has 0 spiro atoms. The van der Waals surface area contributed by atoms with Crippen LogP contribution in [0.25, 0.3) is 5.82 Å². The van der Waals surface area contributed by atoms with Crippen LogP contribution in [0.4, 0.5) is 13.2 Å². The van der Waals surface area contributed by atoms with Crippen LogP contribution >= 0.6 is 34.8 Å². The predicted molar refractivity (Wildman–Crippen MR) is 77.0 cm³/mol. The van der Waals surface area contributed by atoms with Gasteiger partial charge in [-0.2, -0.15) is 23.0 Å². The second kappa shape index (κ2) is 6.06. The van der Waals surface area contributed by atoms with E-state index in [2.05, 4.69) is 10.1 Å². The lowest BCUT2D eigenvalue weighted by Crippen LogP contribution is -2.25. The number of halogens is 6. The Hall–Kier alpha value is -1.31. The molecule has 22 heavy (non-hydrogen) atoms. The molecule has 0 aliphatic rings. The molecule has 2 aromatic heterocycles. The summed E-state index contributed by atoms with van der Waals surface area (Å²) in [5.74, 6) is -0.257. The molecule has 0 atom stereocenters. The third kappa shape index (κ3) is 3.06. The Morgan fingerprint density at radius 2 is 1.86 bits per heavy atom. The van der Waals surface area contributed by atoms with Crippen molar-refractivity contribution in [3.63, 3.8) is 0 Å². The maximum absolute atomic E-state index is 12.6. The van der Waals surface area contributed by atoms with Crippen molar-refractivity contribution in [2.75, 3.05) is 0 Å². The molecule has 0 fully saturated rings. The molecule has 0 bridgehead atoms. The van der Waals surface area contributed by atoms with Crippen molar-refractivity contribution in [2.24, 2.45) is 0 Å². The quantitative estimate of drug-likeness (QED) is 0.795. The van der Waals surface area contributed by atoms with E-state index in [0.717, 1.165) is 4.68 Å². The number of alkyl halides is 3. The highest BCUT2D eigenvalue weighted by atomic mass is 35.5. The van der Waals surface area contributed by atoms with Gasteiger partial charge in [0.2, 0.25) is 0 Å². The molecule has 0 amide bonds. The normalized spacial score (nSPS) is 11.8. The molecule has 2 aromatic rings. The van der Waals surface area contributed by atoms with Gasteiger partial charge >= 0.3 is 6.18 Å². The van der Waals surface area contributed by atoms with E-state index in [1.54, 1.807) is 6.92 Å². The van der Waals surface area contributed by atoms with Crippen LogP contribution in [0.5, 0.6) is 0 Å². The van der Waals surface area contributed by atoms with E-state index in [4.69, 9.17) is 34.8 Å². The zero-order valence-corrected chi connectivity index (χ0v) is 13.1. The summed E-state index contributed by atoms with van der Waals surface area (Å²) in [5.41, 5.74) is -1.56. The van der Waals surface area contributed by atoms with Crippen molar-refractivity contribution in [2.45, 2.75) is 19.5 Å². The van der Waals surface area contributed by atoms with Crippen LogP contribution in [0.1, 0.15) is 18.2 Å². The number of aromatic nitrogens is 3. The fraction of sp³-hybridized carbons (Fsp3) is 0.250. The SMILES string of the molecule is CCc1nn(-c2ncc(C(F)(F)F)cc2Cl)c(=O)c(Cl)c1Cl. The van der Waals surface area contributed by atoms with Gasteiger partial charge in [0.15, 0.2) is 5.82 Å². The largest absolute Gasteiger partial charge is 0.417 e. The summed E-state index contributed by atoms with van der Waals surface area (Å²) in [6.45, 7) is 1.72. The molecule has 2 heterocycles. The van der Waals surface area contributed by atoms with Gasteiger partial charge in [0.25, 0.3) is 5.56 Å². The Labute approximate surface area is 137 Å². The first-order valence-corrected chi connectivity index (χ1v) is 7.00. The topological polar surface area (TPSA) is 47.8 Å². The van der Waals surface area contributed by atoms with Crippen LogP contribution < -0.4 is 5.56 Å². The Kier molecular flexibility index (Phi) is 4.70.